The van der Waals surface area contributed by atoms with Gasteiger partial charge < -0.3 is 4.74 Å². The van der Waals surface area contributed by atoms with E-state index in [9.17, 15) is 4.79 Å². The molecule has 0 saturated heterocycles. The number of benzene rings is 1. The molecule has 0 radical (unpaired) electrons. The minimum Gasteiger partial charge on any atom is -0.468 e. The number of fused-ring (bicyclic) bond motifs is 1. The molecule has 86 valence electrons. The zero-order valence-electron chi connectivity index (χ0n) is 9.82. The van der Waals surface area contributed by atoms with Crippen molar-refractivity contribution in [1.82, 2.24) is 0 Å². The number of aryl methyl sites for hydroxylation is 1. The van der Waals surface area contributed by atoms with Crippen molar-refractivity contribution in [3.8, 4) is 0 Å². The first-order chi connectivity index (χ1) is 7.63. The van der Waals surface area contributed by atoms with Gasteiger partial charge in [0.15, 0.2) is 0 Å². The van der Waals surface area contributed by atoms with Crippen molar-refractivity contribution in [3.05, 3.63) is 34.9 Å². The van der Waals surface area contributed by atoms with Gasteiger partial charge in [0.2, 0.25) is 0 Å². The molecule has 0 aliphatic carbocycles. The van der Waals surface area contributed by atoms with Crippen LogP contribution in [0.4, 0.5) is 0 Å². The monoisotopic (exact) mass is 236 g/mol. The molecule has 0 aromatic heterocycles. The van der Waals surface area contributed by atoms with Crippen molar-refractivity contribution in [2.45, 2.75) is 30.8 Å². The Morgan fingerprint density at radius 3 is 2.94 bits per heavy atom. The van der Waals surface area contributed by atoms with Crippen LogP contribution in [0.15, 0.2) is 18.2 Å². The van der Waals surface area contributed by atoms with Crippen molar-refractivity contribution in [2.24, 2.45) is 0 Å². The average molecular weight is 236 g/mol. The molecule has 1 aromatic carbocycles. The third-order valence-electron chi connectivity index (χ3n) is 3.00. The molecule has 0 fully saturated rings. The number of carbonyl (C=O) groups excluding carboxylic acids is 1. The standard InChI is InChI=1S/C13H16O2S/c1-8-5-4-6-10-11(8)7-9(2)16-12(10)13(14)15-3/h4-6,9,12H,7H2,1-3H3. The first kappa shape index (κ1) is 11.5. The van der Waals surface area contributed by atoms with E-state index in [1.54, 1.807) is 11.8 Å². The summed E-state index contributed by atoms with van der Waals surface area (Å²) in [6.07, 6.45) is 1.04. The Morgan fingerprint density at radius 2 is 2.25 bits per heavy atom. The summed E-state index contributed by atoms with van der Waals surface area (Å²) in [5.74, 6) is -0.136. The highest BCUT2D eigenvalue weighted by Gasteiger charge is 2.31. The number of thioether (sulfide) groups is 1. The topological polar surface area (TPSA) is 26.3 Å². The lowest BCUT2D eigenvalue weighted by molar-refractivity contribution is -0.140. The lowest BCUT2D eigenvalue weighted by Crippen LogP contribution is -2.22. The molecule has 16 heavy (non-hydrogen) atoms. The van der Waals surface area contributed by atoms with Crippen molar-refractivity contribution >= 4 is 17.7 Å². The fourth-order valence-corrected chi connectivity index (χ4v) is 3.48. The predicted octanol–water partition coefficient (Wildman–Crippen LogP) is 2.89. The van der Waals surface area contributed by atoms with Gasteiger partial charge in [-0.25, -0.2) is 0 Å². The Labute approximate surface area is 100 Å². The van der Waals surface area contributed by atoms with Crippen LogP contribution >= 0.6 is 11.8 Å². The maximum Gasteiger partial charge on any atom is 0.323 e. The summed E-state index contributed by atoms with van der Waals surface area (Å²) < 4.78 is 4.87. The first-order valence-corrected chi connectivity index (χ1v) is 6.39. The van der Waals surface area contributed by atoms with Crippen LogP contribution in [0.5, 0.6) is 0 Å². The van der Waals surface area contributed by atoms with Gasteiger partial charge in [-0.1, -0.05) is 25.1 Å². The van der Waals surface area contributed by atoms with Crippen LogP contribution in [0.3, 0.4) is 0 Å². The number of esters is 1. The fourth-order valence-electron chi connectivity index (χ4n) is 2.18. The van der Waals surface area contributed by atoms with E-state index < -0.39 is 0 Å². The van der Waals surface area contributed by atoms with Crippen molar-refractivity contribution in [3.63, 3.8) is 0 Å². The van der Waals surface area contributed by atoms with Gasteiger partial charge in [-0.2, -0.15) is 0 Å². The minimum absolute atomic E-state index is 0.136. The predicted molar refractivity (Wildman–Crippen MR) is 66.7 cm³/mol. The molecule has 2 atom stereocenters. The molecule has 0 N–H and O–H groups in total. The Hall–Kier alpha value is -0.960. The van der Waals surface area contributed by atoms with Crippen LogP contribution in [0.1, 0.15) is 28.9 Å². The molecular weight excluding hydrogens is 220 g/mol. The van der Waals surface area contributed by atoms with Crippen LogP contribution in [0.25, 0.3) is 0 Å². The summed E-state index contributed by atoms with van der Waals surface area (Å²) in [7, 11) is 1.46. The quantitative estimate of drug-likeness (QED) is 0.701. The van der Waals surface area contributed by atoms with E-state index in [1.165, 1.54) is 18.2 Å². The minimum atomic E-state index is -0.149. The highest BCUT2D eigenvalue weighted by molar-refractivity contribution is 8.00. The van der Waals surface area contributed by atoms with E-state index in [0.29, 0.717) is 5.25 Å². The summed E-state index contributed by atoms with van der Waals surface area (Å²) in [5, 5.41) is 0.321. The smallest absolute Gasteiger partial charge is 0.323 e. The summed E-state index contributed by atoms with van der Waals surface area (Å²) in [5.41, 5.74) is 3.73. The third kappa shape index (κ3) is 1.96. The van der Waals surface area contributed by atoms with Gasteiger partial charge in [-0.3, -0.25) is 4.79 Å². The maximum atomic E-state index is 11.7. The summed E-state index contributed by atoms with van der Waals surface area (Å²) in [6.45, 7) is 4.27. The summed E-state index contributed by atoms with van der Waals surface area (Å²) >= 11 is 1.70. The number of hydrogen-bond donors (Lipinski definition) is 0. The molecule has 1 aliphatic rings. The van der Waals surface area contributed by atoms with Crippen LogP contribution in [-0.4, -0.2) is 18.3 Å². The van der Waals surface area contributed by atoms with Gasteiger partial charge >= 0.3 is 5.97 Å². The molecule has 2 nitrogen and oxygen atoms in total. The van der Waals surface area contributed by atoms with E-state index in [-0.39, 0.29) is 11.2 Å². The van der Waals surface area contributed by atoms with Crippen LogP contribution in [0.2, 0.25) is 0 Å². The van der Waals surface area contributed by atoms with Gasteiger partial charge in [0.25, 0.3) is 0 Å². The second-order valence-corrected chi connectivity index (χ2v) is 5.75. The van der Waals surface area contributed by atoms with Gasteiger partial charge in [0.1, 0.15) is 5.25 Å². The number of hydrogen-bond acceptors (Lipinski definition) is 3. The van der Waals surface area contributed by atoms with E-state index >= 15 is 0 Å². The van der Waals surface area contributed by atoms with E-state index in [1.807, 2.05) is 12.1 Å². The van der Waals surface area contributed by atoms with Crippen LogP contribution in [-0.2, 0) is 16.0 Å². The molecule has 3 heteroatoms. The van der Waals surface area contributed by atoms with E-state index in [4.69, 9.17) is 4.74 Å². The lowest BCUT2D eigenvalue weighted by atomic mass is 9.95. The SMILES string of the molecule is COC(=O)C1SC(C)Cc2c(C)cccc21. The number of methoxy groups -OCH3 is 1. The highest BCUT2D eigenvalue weighted by atomic mass is 32.2. The highest BCUT2D eigenvalue weighted by Crippen LogP contribution is 2.42. The Balaban J connectivity index is 2.46. The Bertz CT molecular complexity index is 414. The number of carbonyl (C=O) groups is 1. The second kappa shape index (κ2) is 4.50. The normalized spacial score (nSPS) is 23.7. The largest absolute Gasteiger partial charge is 0.468 e. The zero-order chi connectivity index (χ0) is 11.7. The van der Waals surface area contributed by atoms with Crippen molar-refractivity contribution in [2.75, 3.05) is 7.11 Å². The van der Waals surface area contributed by atoms with E-state index in [2.05, 4.69) is 19.9 Å². The molecule has 2 unspecified atom stereocenters. The zero-order valence-corrected chi connectivity index (χ0v) is 10.6. The van der Waals surface area contributed by atoms with E-state index in [0.717, 1.165) is 12.0 Å². The van der Waals surface area contributed by atoms with Crippen LogP contribution in [0, 0.1) is 6.92 Å². The molecule has 1 heterocycles. The molecule has 0 saturated carbocycles. The summed E-state index contributed by atoms with van der Waals surface area (Å²) in [6, 6.07) is 6.17. The molecule has 2 rings (SSSR count). The number of rotatable bonds is 1. The molecule has 1 aliphatic heterocycles. The van der Waals surface area contributed by atoms with Gasteiger partial charge in [0.05, 0.1) is 7.11 Å². The Morgan fingerprint density at radius 1 is 1.50 bits per heavy atom. The molecular formula is C13H16O2S. The first-order valence-electron chi connectivity index (χ1n) is 5.45. The third-order valence-corrected chi connectivity index (χ3v) is 4.35. The van der Waals surface area contributed by atoms with Gasteiger partial charge in [0, 0.05) is 5.25 Å². The summed E-state index contributed by atoms with van der Waals surface area (Å²) in [4.78, 5) is 11.7. The molecule has 1 aromatic rings. The van der Waals surface area contributed by atoms with Gasteiger partial charge in [-0.05, 0) is 30.0 Å². The maximum absolute atomic E-state index is 11.7. The van der Waals surface area contributed by atoms with Crippen molar-refractivity contribution < 1.29 is 9.53 Å². The van der Waals surface area contributed by atoms with Gasteiger partial charge in [-0.15, -0.1) is 11.8 Å². The molecule has 0 spiro atoms. The second-order valence-electron chi connectivity index (χ2n) is 4.20. The lowest BCUT2D eigenvalue weighted by Gasteiger charge is -2.28. The van der Waals surface area contributed by atoms with Crippen molar-refractivity contribution in [1.29, 1.82) is 0 Å². The fraction of sp³-hybridized carbons (Fsp3) is 0.462. The molecule has 0 amide bonds. The molecule has 0 bridgehead atoms. The van der Waals surface area contributed by atoms with Crippen LogP contribution < -0.4 is 0 Å². The average Bonchev–Trinajstić information content (AvgIpc) is 2.28. The number of ether oxygens (including phenoxy) is 1. The Kier molecular flexibility index (Phi) is 3.24.